The van der Waals surface area contributed by atoms with Crippen molar-refractivity contribution in [1.82, 2.24) is 19.9 Å². The van der Waals surface area contributed by atoms with E-state index >= 15 is 0 Å². The molecule has 6 heteroatoms. The lowest BCUT2D eigenvalue weighted by atomic mass is 9.79. The van der Waals surface area contributed by atoms with Crippen LogP contribution in [0.3, 0.4) is 0 Å². The second-order valence-electron chi connectivity index (χ2n) is 5.86. The summed E-state index contributed by atoms with van der Waals surface area (Å²) in [5.41, 5.74) is 1.58. The number of hydrogen-bond acceptors (Lipinski definition) is 5. The lowest BCUT2D eigenvalue weighted by Crippen LogP contribution is -2.30. The van der Waals surface area contributed by atoms with Crippen molar-refractivity contribution in [3.63, 3.8) is 0 Å². The van der Waals surface area contributed by atoms with Crippen LogP contribution in [0, 0.1) is 11.8 Å². The minimum atomic E-state index is 0.479. The fourth-order valence-corrected chi connectivity index (χ4v) is 2.92. The number of rotatable bonds is 3. The van der Waals surface area contributed by atoms with E-state index in [4.69, 9.17) is 0 Å². The zero-order chi connectivity index (χ0) is 14.1. The molecule has 0 spiro atoms. The Balaban J connectivity index is 1.85. The summed E-state index contributed by atoms with van der Waals surface area (Å²) in [6.45, 7) is 4.68. The summed E-state index contributed by atoms with van der Waals surface area (Å²) in [5, 5.41) is 6.56. The topological polar surface area (TPSA) is 78.5 Å². The van der Waals surface area contributed by atoms with Crippen LogP contribution in [0.25, 0.3) is 11.2 Å². The SMILES string of the molecule is CNc1nc(NC2CCC(C)C(C)C2)c2[nH]cnc2n1. The Hall–Kier alpha value is -1.85. The maximum atomic E-state index is 4.53. The van der Waals surface area contributed by atoms with E-state index in [0.717, 1.165) is 23.2 Å². The van der Waals surface area contributed by atoms with Gasteiger partial charge in [-0.3, -0.25) is 0 Å². The molecule has 3 unspecified atom stereocenters. The molecule has 1 saturated carbocycles. The van der Waals surface area contributed by atoms with E-state index in [1.807, 2.05) is 7.05 Å². The largest absolute Gasteiger partial charge is 0.365 e. The second kappa shape index (κ2) is 5.26. The van der Waals surface area contributed by atoms with Crippen LogP contribution in [0.1, 0.15) is 33.1 Å². The minimum absolute atomic E-state index is 0.479. The standard InChI is InChI=1S/C14H22N6/c1-8-4-5-10(6-9(8)2)18-13-11-12(17-7-16-11)19-14(15-3)20-13/h7-10H,4-6H2,1-3H3,(H3,15,16,17,18,19,20). The van der Waals surface area contributed by atoms with Crippen LogP contribution in [0.2, 0.25) is 0 Å². The van der Waals surface area contributed by atoms with Gasteiger partial charge >= 0.3 is 0 Å². The molecule has 0 aromatic carbocycles. The lowest BCUT2D eigenvalue weighted by molar-refractivity contribution is 0.260. The smallest absolute Gasteiger partial charge is 0.226 e. The normalized spacial score (nSPS) is 26.6. The molecular weight excluding hydrogens is 252 g/mol. The fourth-order valence-electron chi connectivity index (χ4n) is 2.92. The monoisotopic (exact) mass is 274 g/mol. The molecular formula is C14H22N6. The maximum Gasteiger partial charge on any atom is 0.226 e. The molecule has 0 aliphatic heterocycles. The van der Waals surface area contributed by atoms with Gasteiger partial charge in [0.1, 0.15) is 5.52 Å². The van der Waals surface area contributed by atoms with E-state index in [1.54, 1.807) is 6.33 Å². The Labute approximate surface area is 118 Å². The summed E-state index contributed by atoms with van der Waals surface area (Å²) in [7, 11) is 1.82. The molecule has 0 radical (unpaired) electrons. The Morgan fingerprint density at radius 1 is 1.20 bits per heavy atom. The summed E-state index contributed by atoms with van der Waals surface area (Å²) >= 11 is 0. The van der Waals surface area contributed by atoms with Crippen molar-refractivity contribution >= 4 is 22.9 Å². The van der Waals surface area contributed by atoms with Crippen LogP contribution in [-0.2, 0) is 0 Å². The number of anilines is 2. The van der Waals surface area contributed by atoms with Gasteiger partial charge in [0, 0.05) is 13.1 Å². The van der Waals surface area contributed by atoms with E-state index in [2.05, 4.69) is 44.4 Å². The molecule has 1 aliphatic carbocycles. The molecule has 6 nitrogen and oxygen atoms in total. The summed E-state index contributed by atoms with van der Waals surface area (Å²) in [6.07, 6.45) is 5.32. The number of aromatic nitrogens is 4. The van der Waals surface area contributed by atoms with Gasteiger partial charge in [-0.15, -0.1) is 0 Å². The first kappa shape index (κ1) is 13.1. The van der Waals surface area contributed by atoms with Gasteiger partial charge in [-0.05, 0) is 31.1 Å². The number of H-pyrrole nitrogens is 1. The summed E-state index contributed by atoms with van der Waals surface area (Å²) in [5.74, 6) is 3.02. The minimum Gasteiger partial charge on any atom is -0.365 e. The highest BCUT2D eigenvalue weighted by Gasteiger charge is 2.25. The van der Waals surface area contributed by atoms with Crippen LogP contribution in [-0.4, -0.2) is 33.0 Å². The quantitative estimate of drug-likeness (QED) is 0.802. The zero-order valence-electron chi connectivity index (χ0n) is 12.3. The first-order valence-corrected chi connectivity index (χ1v) is 7.32. The Kier molecular flexibility index (Phi) is 3.46. The number of nitrogens with one attached hydrogen (secondary N) is 3. The van der Waals surface area contributed by atoms with Crippen LogP contribution >= 0.6 is 0 Å². The van der Waals surface area contributed by atoms with Gasteiger partial charge in [-0.1, -0.05) is 13.8 Å². The Morgan fingerprint density at radius 2 is 2.05 bits per heavy atom. The van der Waals surface area contributed by atoms with Crippen molar-refractivity contribution < 1.29 is 0 Å². The van der Waals surface area contributed by atoms with Crippen molar-refractivity contribution in [3.8, 4) is 0 Å². The fraction of sp³-hybridized carbons (Fsp3) is 0.643. The predicted octanol–water partition coefficient (Wildman–Crippen LogP) is 2.63. The molecule has 1 aliphatic rings. The number of hydrogen-bond donors (Lipinski definition) is 3. The third kappa shape index (κ3) is 2.42. The van der Waals surface area contributed by atoms with Gasteiger partial charge in [0.05, 0.1) is 6.33 Å². The molecule has 20 heavy (non-hydrogen) atoms. The molecule has 0 bridgehead atoms. The summed E-state index contributed by atoms with van der Waals surface area (Å²) in [6, 6.07) is 0.479. The van der Waals surface area contributed by atoms with Crippen LogP contribution in [0.15, 0.2) is 6.33 Å². The van der Waals surface area contributed by atoms with Crippen LogP contribution < -0.4 is 10.6 Å². The number of aromatic amines is 1. The molecule has 3 rings (SSSR count). The van der Waals surface area contributed by atoms with Gasteiger partial charge in [0.25, 0.3) is 0 Å². The van der Waals surface area contributed by atoms with Crippen molar-refractivity contribution in [2.75, 3.05) is 17.7 Å². The van der Waals surface area contributed by atoms with Gasteiger partial charge in [0.15, 0.2) is 11.5 Å². The first-order valence-electron chi connectivity index (χ1n) is 7.32. The maximum absolute atomic E-state index is 4.53. The molecule has 3 N–H and O–H groups in total. The molecule has 2 aromatic rings. The first-order chi connectivity index (χ1) is 9.67. The third-order valence-corrected chi connectivity index (χ3v) is 4.45. The Bertz CT molecular complexity index is 592. The van der Waals surface area contributed by atoms with E-state index < -0.39 is 0 Å². The average Bonchev–Trinajstić information content (AvgIpc) is 2.91. The summed E-state index contributed by atoms with van der Waals surface area (Å²) in [4.78, 5) is 16.2. The molecule has 3 atom stereocenters. The van der Waals surface area contributed by atoms with Crippen LogP contribution in [0.4, 0.5) is 11.8 Å². The average molecular weight is 274 g/mol. The molecule has 0 saturated heterocycles. The molecule has 1 fully saturated rings. The van der Waals surface area contributed by atoms with Crippen molar-refractivity contribution in [2.45, 2.75) is 39.2 Å². The highest BCUT2D eigenvalue weighted by molar-refractivity contribution is 5.83. The molecule has 0 amide bonds. The van der Waals surface area contributed by atoms with E-state index in [-0.39, 0.29) is 0 Å². The number of fused-ring (bicyclic) bond motifs is 1. The highest BCUT2D eigenvalue weighted by Crippen LogP contribution is 2.31. The Morgan fingerprint density at radius 3 is 2.80 bits per heavy atom. The van der Waals surface area contributed by atoms with Gasteiger partial charge in [0.2, 0.25) is 5.95 Å². The van der Waals surface area contributed by atoms with Gasteiger partial charge < -0.3 is 15.6 Å². The lowest BCUT2D eigenvalue weighted by Gasteiger charge is -2.32. The van der Waals surface area contributed by atoms with E-state index in [1.165, 1.54) is 19.3 Å². The summed E-state index contributed by atoms with van der Waals surface area (Å²) < 4.78 is 0. The number of imidazole rings is 1. The third-order valence-electron chi connectivity index (χ3n) is 4.45. The van der Waals surface area contributed by atoms with Crippen molar-refractivity contribution in [3.05, 3.63) is 6.33 Å². The molecule has 2 heterocycles. The van der Waals surface area contributed by atoms with E-state index in [9.17, 15) is 0 Å². The zero-order valence-corrected chi connectivity index (χ0v) is 12.3. The molecule has 2 aromatic heterocycles. The second-order valence-corrected chi connectivity index (χ2v) is 5.86. The highest BCUT2D eigenvalue weighted by atomic mass is 15.2. The van der Waals surface area contributed by atoms with Crippen LogP contribution in [0.5, 0.6) is 0 Å². The molecule has 108 valence electrons. The van der Waals surface area contributed by atoms with Crippen molar-refractivity contribution in [1.29, 1.82) is 0 Å². The van der Waals surface area contributed by atoms with Crippen molar-refractivity contribution in [2.24, 2.45) is 11.8 Å². The van der Waals surface area contributed by atoms with Gasteiger partial charge in [-0.25, -0.2) is 4.98 Å². The predicted molar refractivity (Wildman–Crippen MR) is 80.8 cm³/mol. The van der Waals surface area contributed by atoms with E-state index in [0.29, 0.717) is 17.6 Å². The number of nitrogens with zero attached hydrogens (tertiary/aromatic N) is 3. The van der Waals surface area contributed by atoms with Gasteiger partial charge in [-0.2, -0.15) is 9.97 Å².